The molecule has 2 aromatic carbocycles. The predicted molar refractivity (Wildman–Crippen MR) is 123 cm³/mol. The molecule has 1 aliphatic heterocycles. The molecular formula is C24H27N3O4S. The molecule has 0 radical (unpaired) electrons. The number of nitrogens with one attached hydrogen (secondary N) is 2. The first-order valence-corrected chi connectivity index (χ1v) is 12.0. The summed E-state index contributed by atoms with van der Waals surface area (Å²) in [6.45, 7) is 0.979. The number of carbonyl (C=O) groups excluding carboxylic acids is 2. The van der Waals surface area contributed by atoms with E-state index in [1.807, 2.05) is 0 Å². The zero-order chi connectivity index (χ0) is 23.0. The fraction of sp³-hybridized carbons (Fsp3) is 0.333. The van der Waals surface area contributed by atoms with Crippen molar-refractivity contribution in [1.29, 1.82) is 0 Å². The molecule has 0 saturated carbocycles. The third kappa shape index (κ3) is 6.42. The Bertz CT molecular complexity index is 1100. The topological polar surface area (TPSA) is 95.6 Å². The molecule has 0 unspecified atom stereocenters. The van der Waals surface area contributed by atoms with E-state index in [1.54, 1.807) is 48.5 Å². The van der Waals surface area contributed by atoms with Gasteiger partial charge in [0.05, 0.1) is 11.4 Å². The highest BCUT2D eigenvalue weighted by Gasteiger charge is 2.25. The highest BCUT2D eigenvalue weighted by Crippen LogP contribution is 2.21. The number of carbonyl (C=O) groups is 2. The Kier molecular flexibility index (Phi) is 8.03. The molecule has 8 heteroatoms. The first-order chi connectivity index (χ1) is 15.4. The number of benzene rings is 2. The molecule has 0 bridgehead atoms. The van der Waals surface area contributed by atoms with E-state index in [0.717, 1.165) is 24.8 Å². The predicted octanol–water partition coefficient (Wildman–Crippen LogP) is 2.53. The SMILES string of the molecule is C#Cc1cccc(NC(=O)CNC(=O)CCc2ccc(S(=O)(=O)N3CCCCC3)cc2)c1. The van der Waals surface area contributed by atoms with Crippen molar-refractivity contribution >= 4 is 27.5 Å². The van der Waals surface area contributed by atoms with E-state index in [4.69, 9.17) is 6.42 Å². The van der Waals surface area contributed by atoms with E-state index >= 15 is 0 Å². The van der Waals surface area contributed by atoms with Gasteiger partial charge in [0.1, 0.15) is 0 Å². The lowest BCUT2D eigenvalue weighted by atomic mass is 10.1. The lowest BCUT2D eigenvalue weighted by Crippen LogP contribution is -2.35. The smallest absolute Gasteiger partial charge is 0.243 e. The van der Waals surface area contributed by atoms with Crippen molar-refractivity contribution in [1.82, 2.24) is 9.62 Å². The van der Waals surface area contributed by atoms with Gasteiger partial charge in [0.15, 0.2) is 0 Å². The molecule has 0 atom stereocenters. The summed E-state index contributed by atoms with van der Waals surface area (Å²) in [5, 5.41) is 5.27. The van der Waals surface area contributed by atoms with E-state index in [9.17, 15) is 18.0 Å². The van der Waals surface area contributed by atoms with Crippen LogP contribution in [0.15, 0.2) is 53.4 Å². The van der Waals surface area contributed by atoms with Gasteiger partial charge in [-0.05, 0) is 55.2 Å². The standard InChI is InChI=1S/C24H27N3O4S/c1-2-19-7-6-8-21(17-19)26-24(29)18-25-23(28)14-11-20-9-12-22(13-10-20)32(30,31)27-15-4-3-5-16-27/h1,6-10,12-13,17H,3-5,11,14-16,18H2,(H,25,28)(H,26,29). The summed E-state index contributed by atoms with van der Waals surface area (Å²) in [5.41, 5.74) is 2.08. The summed E-state index contributed by atoms with van der Waals surface area (Å²) in [7, 11) is -3.46. The molecule has 1 fully saturated rings. The first kappa shape index (κ1) is 23.5. The van der Waals surface area contributed by atoms with Crippen LogP contribution in [0.3, 0.4) is 0 Å². The third-order valence-corrected chi connectivity index (χ3v) is 7.19. The number of sulfonamides is 1. The second-order valence-corrected chi connectivity index (χ2v) is 9.60. The van der Waals surface area contributed by atoms with Crippen LogP contribution in [0.1, 0.15) is 36.8 Å². The van der Waals surface area contributed by atoms with Crippen molar-refractivity contribution in [3.63, 3.8) is 0 Å². The van der Waals surface area contributed by atoms with Gasteiger partial charge < -0.3 is 10.6 Å². The molecule has 7 nitrogen and oxygen atoms in total. The number of aryl methyl sites for hydroxylation is 1. The molecule has 0 aromatic heterocycles. The largest absolute Gasteiger partial charge is 0.347 e. The minimum absolute atomic E-state index is 0.147. The number of piperidine rings is 1. The van der Waals surface area contributed by atoms with Gasteiger partial charge in [0, 0.05) is 30.8 Å². The molecule has 2 amide bonds. The Morgan fingerprint density at radius 3 is 2.41 bits per heavy atom. The van der Waals surface area contributed by atoms with E-state index in [1.165, 1.54) is 4.31 Å². The molecule has 2 N–H and O–H groups in total. The fourth-order valence-corrected chi connectivity index (χ4v) is 5.02. The quantitative estimate of drug-likeness (QED) is 0.601. The Balaban J connectivity index is 1.44. The number of terminal acetylenes is 1. The van der Waals surface area contributed by atoms with Crippen molar-refractivity contribution in [3.8, 4) is 12.3 Å². The van der Waals surface area contributed by atoms with Gasteiger partial charge in [-0.25, -0.2) is 8.42 Å². The normalized spacial score (nSPS) is 14.3. The second-order valence-electron chi connectivity index (χ2n) is 7.66. The third-order valence-electron chi connectivity index (χ3n) is 5.28. The minimum Gasteiger partial charge on any atom is -0.347 e. The van der Waals surface area contributed by atoms with Crippen LogP contribution in [0.25, 0.3) is 0 Å². The Morgan fingerprint density at radius 2 is 1.72 bits per heavy atom. The van der Waals surface area contributed by atoms with E-state index < -0.39 is 10.0 Å². The lowest BCUT2D eigenvalue weighted by molar-refractivity contribution is -0.124. The number of nitrogens with zero attached hydrogens (tertiary/aromatic N) is 1. The maximum absolute atomic E-state index is 12.7. The molecule has 2 aromatic rings. The van der Waals surface area contributed by atoms with Crippen LogP contribution in [0.5, 0.6) is 0 Å². The van der Waals surface area contributed by atoms with Crippen LogP contribution in [0.4, 0.5) is 5.69 Å². The molecule has 3 rings (SSSR count). The highest BCUT2D eigenvalue weighted by atomic mass is 32.2. The van der Waals surface area contributed by atoms with E-state index in [-0.39, 0.29) is 29.7 Å². The Hall–Kier alpha value is -3.15. The molecule has 0 aliphatic carbocycles. The molecule has 1 saturated heterocycles. The Labute approximate surface area is 189 Å². The monoisotopic (exact) mass is 453 g/mol. The summed E-state index contributed by atoms with van der Waals surface area (Å²) >= 11 is 0. The number of hydrogen-bond donors (Lipinski definition) is 2. The van der Waals surface area contributed by atoms with Gasteiger partial charge in [-0.3, -0.25) is 9.59 Å². The zero-order valence-corrected chi connectivity index (χ0v) is 18.7. The number of amides is 2. The van der Waals surface area contributed by atoms with Gasteiger partial charge in [-0.1, -0.05) is 30.5 Å². The molecule has 1 aliphatic rings. The highest BCUT2D eigenvalue weighted by molar-refractivity contribution is 7.89. The maximum Gasteiger partial charge on any atom is 0.243 e. The molecule has 1 heterocycles. The van der Waals surface area contributed by atoms with Crippen LogP contribution < -0.4 is 10.6 Å². The molecule has 168 valence electrons. The van der Waals surface area contributed by atoms with Crippen molar-refractivity contribution in [3.05, 3.63) is 59.7 Å². The van der Waals surface area contributed by atoms with Crippen molar-refractivity contribution in [2.24, 2.45) is 0 Å². The van der Waals surface area contributed by atoms with Gasteiger partial charge in [-0.15, -0.1) is 6.42 Å². The summed E-state index contributed by atoms with van der Waals surface area (Å²) in [5.74, 6) is 1.89. The summed E-state index contributed by atoms with van der Waals surface area (Å²) in [4.78, 5) is 24.4. The first-order valence-electron chi connectivity index (χ1n) is 10.6. The van der Waals surface area contributed by atoms with Gasteiger partial charge in [0.2, 0.25) is 21.8 Å². The maximum atomic E-state index is 12.7. The molecule has 0 spiro atoms. The molecular weight excluding hydrogens is 426 g/mol. The Morgan fingerprint density at radius 1 is 1.00 bits per heavy atom. The van der Waals surface area contributed by atoms with Gasteiger partial charge in [0.25, 0.3) is 0 Å². The van der Waals surface area contributed by atoms with Gasteiger partial charge >= 0.3 is 0 Å². The zero-order valence-electron chi connectivity index (χ0n) is 17.8. The fourth-order valence-electron chi connectivity index (χ4n) is 3.50. The lowest BCUT2D eigenvalue weighted by Gasteiger charge is -2.25. The van der Waals surface area contributed by atoms with Crippen LogP contribution >= 0.6 is 0 Å². The number of rotatable bonds is 8. The van der Waals surface area contributed by atoms with Crippen LogP contribution in [-0.4, -0.2) is 44.2 Å². The number of hydrogen-bond acceptors (Lipinski definition) is 4. The second kappa shape index (κ2) is 10.9. The van der Waals surface area contributed by atoms with Crippen LogP contribution in [-0.2, 0) is 26.0 Å². The van der Waals surface area contributed by atoms with Crippen molar-refractivity contribution < 1.29 is 18.0 Å². The van der Waals surface area contributed by atoms with Crippen LogP contribution in [0, 0.1) is 12.3 Å². The van der Waals surface area contributed by atoms with E-state index in [2.05, 4.69) is 16.6 Å². The van der Waals surface area contributed by atoms with Crippen molar-refractivity contribution in [2.75, 3.05) is 25.0 Å². The molecule has 32 heavy (non-hydrogen) atoms. The minimum atomic E-state index is -3.46. The van der Waals surface area contributed by atoms with E-state index in [0.29, 0.717) is 30.8 Å². The summed E-state index contributed by atoms with van der Waals surface area (Å²) < 4.78 is 26.9. The average molecular weight is 454 g/mol. The van der Waals surface area contributed by atoms with Crippen molar-refractivity contribution in [2.45, 2.75) is 37.0 Å². The average Bonchev–Trinajstić information content (AvgIpc) is 2.82. The summed E-state index contributed by atoms with van der Waals surface area (Å²) in [6.07, 6.45) is 8.82. The number of anilines is 1. The van der Waals surface area contributed by atoms with Crippen LogP contribution in [0.2, 0.25) is 0 Å². The van der Waals surface area contributed by atoms with Gasteiger partial charge in [-0.2, -0.15) is 4.31 Å². The summed E-state index contributed by atoms with van der Waals surface area (Å²) in [6, 6.07) is 13.5.